The Morgan fingerprint density at radius 3 is 2.20 bits per heavy atom. The van der Waals surface area contributed by atoms with Gasteiger partial charge in [0.25, 0.3) is 0 Å². The second-order valence-electron chi connectivity index (χ2n) is 3.34. The SMILES string of the molecule is CC1(C(Br)Br)C=C(Br)C(=O)C=C1C(Br)Br. The van der Waals surface area contributed by atoms with Crippen LogP contribution in [0.1, 0.15) is 6.92 Å². The Labute approximate surface area is 131 Å². The molecule has 0 aromatic rings. The Morgan fingerprint density at radius 2 is 1.80 bits per heavy atom. The summed E-state index contributed by atoms with van der Waals surface area (Å²) in [4.78, 5) is 11.6. The second kappa shape index (κ2) is 5.46. The van der Waals surface area contributed by atoms with Crippen LogP contribution < -0.4 is 0 Å². The van der Waals surface area contributed by atoms with E-state index in [1.165, 1.54) is 0 Å². The van der Waals surface area contributed by atoms with Crippen molar-refractivity contribution in [2.45, 2.75) is 14.4 Å². The highest BCUT2D eigenvalue weighted by atomic mass is 79.9. The lowest BCUT2D eigenvalue weighted by molar-refractivity contribution is -0.110. The lowest BCUT2D eigenvalue weighted by Gasteiger charge is -2.34. The van der Waals surface area contributed by atoms with Gasteiger partial charge in [0.15, 0.2) is 5.78 Å². The van der Waals surface area contributed by atoms with Crippen LogP contribution in [0, 0.1) is 5.41 Å². The smallest absolute Gasteiger partial charge is 0.192 e. The number of carbonyl (C=O) groups is 1. The molecule has 1 aliphatic rings. The largest absolute Gasteiger partial charge is 0.289 e. The summed E-state index contributed by atoms with van der Waals surface area (Å²) in [5.41, 5.74) is 0.721. The molecule has 0 aromatic heterocycles. The summed E-state index contributed by atoms with van der Waals surface area (Å²) in [6.07, 6.45) is 3.56. The summed E-state index contributed by atoms with van der Waals surface area (Å²) in [6, 6.07) is 0. The minimum Gasteiger partial charge on any atom is -0.289 e. The molecule has 0 saturated carbocycles. The van der Waals surface area contributed by atoms with Crippen LogP contribution in [0.3, 0.4) is 0 Å². The molecule has 0 saturated heterocycles. The molecule has 0 fully saturated rings. The van der Waals surface area contributed by atoms with Crippen LogP contribution in [0.15, 0.2) is 22.2 Å². The number of ketones is 1. The maximum Gasteiger partial charge on any atom is 0.192 e. The van der Waals surface area contributed by atoms with E-state index in [-0.39, 0.29) is 18.7 Å². The van der Waals surface area contributed by atoms with Crippen LogP contribution in [-0.4, -0.2) is 13.3 Å². The molecule has 0 radical (unpaired) electrons. The molecule has 1 atom stereocenters. The zero-order chi connectivity index (χ0) is 11.8. The number of hydrogen-bond acceptors (Lipinski definition) is 1. The molecular weight excluding hydrogens is 524 g/mol. The number of rotatable bonds is 2. The number of alkyl halides is 4. The van der Waals surface area contributed by atoms with Crippen molar-refractivity contribution in [3.8, 4) is 0 Å². The van der Waals surface area contributed by atoms with Crippen molar-refractivity contribution in [1.29, 1.82) is 0 Å². The van der Waals surface area contributed by atoms with E-state index in [1.807, 2.05) is 6.08 Å². The lowest BCUT2D eigenvalue weighted by Crippen LogP contribution is -2.30. The van der Waals surface area contributed by atoms with Gasteiger partial charge in [-0.15, -0.1) is 0 Å². The molecule has 1 nitrogen and oxygen atoms in total. The van der Waals surface area contributed by atoms with Crippen molar-refractivity contribution >= 4 is 85.4 Å². The van der Waals surface area contributed by atoms with Gasteiger partial charge in [0.1, 0.15) is 0 Å². The minimum atomic E-state index is -0.260. The number of allylic oxidation sites excluding steroid dienone is 4. The summed E-state index contributed by atoms with van der Waals surface area (Å²) in [6.45, 7) is 2.05. The summed E-state index contributed by atoms with van der Waals surface area (Å²) >= 11 is 17.2. The van der Waals surface area contributed by atoms with E-state index in [9.17, 15) is 4.79 Å². The Hall–Kier alpha value is 1.55. The predicted octanol–water partition coefficient (Wildman–Crippen LogP) is 5.01. The van der Waals surface area contributed by atoms with Gasteiger partial charge in [0.2, 0.25) is 0 Å². The van der Waals surface area contributed by atoms with Gasteiger partial charge in [-0.3, -0.25) is 4.79 Å². The van der Waals surface area contributed by atoms with Crippen molar-refractivity contribution in [2.75, 3.05) is 0 Å². The standard InChI is InChI=1S/C9H7Br5O/c1-9(8(13)14)3-5(10)6(15)2-4(9)7(11)12/h2-3,7-8H,1H3. The van der Waals surface area contributed by atoms with E-state index in [1.54, 1.807) is 6.08 Å². The van der Waals surface area contributed by atoms with E-state index in [4.69, 9.17) is 0 Å². The molecule has 0 amide bonds. The van der Waals surface area contributed by atoms with E-state index in [2.05, 4.69) is 86.6 Å². The molecule has 6 heteroatoms. The van der Waals surface area contributed by atoms with Crippen LogP contribution in [0.4, 0.5) is 0 Å². The maximum atomic E-state index is 11.6. The van der Waals surface area contributed by atoms with Gasteiger partial charge in [-0.05, 0) is 27.6 Å². The topological polar surface area (TPSA) is 17.1 Å². The van der Waals surface area contributed by atoms with Gasteiger partial charge in [0.05, 0.1) is 12.0 Å². The second-order valence-corrected chi connectivity index (χ2v) is 10.3. The normalized spacial score (nSPS) is 27.1. The first-order valence-electron chi connectivity index (χ1n) is 4.00. The van der Waals surface area contributed by atoms with Crippen molar-refractivity contribution in [3.63, 3.8) is 0 Å². The minimum absolute atomic E-state index is 0.00738. The first-order chi connectivity index (χ1) is 6.79. The molecule has 1 aliphatic carbocycles. The Kier molecular flexibility index (Phi) is 5.32. The van der Waals surface area contributed by atoms with Crippen LogP contribution in [0.5, 0.6) is 0 Å². The van der Waals surface area contributed by atoms with Crippen LogP contribution in [-0.2, 0) is 4.79 Å². The fourth-order valence-corrected chi connectivity index (χ4v) is 3.90. The van der Waals surface area contributed by atoms with Crippen molar-refractivity contribution in [3.05, 3.63) is 22.2 Å². The average Bonchev–Trinajstić information content (AvgIpc) is 2.10. The van der Waals surface area contributed by atoms with E-state index < -0.39 is 0 Å². The van der Waals surface area contributed by atoms with Gasteiger partial charge in [-0.1, -0.05) is 76.7 Å². The molecule has 0 aromatic carbocycles. The Balaban J connectivity index is 3.24. The van der Waals surface area contributed by atoms with Crippen molar-refractivity contribution in [1.82, 2.24) is 0 Å². The van der Waals surface area contributed by atoms with Gasteiger partial charge < -0.3 is 0 Å². The zero-order valence-electron chi connectivity index (χ0n) is 7.61. The van der Waals surface area contributed by atoms with E-state index in [0.29, 0.717) is 4.48 Å². The number of hydrogen-bond donors (Lipinski definition) is 0. The molecule has 0 spiro atoms. The van der Waals surface area contributed by atoms with Gasteiger partial charge in [-0.25, -0.2) is 0 Å². The highest BCUT2D eigenvalue weighted by molar-refractivity contribution is 9.25. The lowest BCUT2D eigenvalue weighted by atomic mass is 9.81. The fraction of sp³-hybridized carbons (Fsp3) is 0.444. The highest BCUT2D eigenvalue weighted by Crippen LogP contribution is 2.48. The van der Waals surface area contributed by atoms with Crippen LogP contribution in [0.2, 0.25) is 0 Å². The molecule has 15 heavy (non-hydrogen) atoms. The third kappa shape index (κ3) is 3.06. The first kappa shape index (κ1) is 14.6. The Bertz CT molecular complexity index is 344. The van der Waals surface area contributed by atoms with Crippen molar-refractivity contribution < 1.29 is 4.79 Å². The predicted molar refractivity (Wildman–Crippen MR) is 81.5 cm³/mol. The van der Waals surface area contributed by atoms with Crippen LogP contribution >= 0.6 is 79.6 Å². The summed E-state index contributed by atoms with van der Waals surface area (Å²) in [5.74, 6) is -0.00738. The zero-order valence-corrected chi connectivity index (χ0v) is 15.5. The molecule has 1 unspecified atom stereocenters. The third-order valence-electron chi connectivity index (χ3n) is 2.26. The van der Waals surface area contributed by atoms with Gasteiger partial charge >= 0.3 is 0 Å². The Morgan fingerprint density at radius 1 is 1.27 bits per heavy atom. The summed E-state index contributed by atoms with van der Waals surface area (Å²) in [5, 5.41) is 0. The first-order valence-corrected chi connectivity index (χ1v) is 8.45. The van der Waals surface area contributed by atoms with Gasteiger partial charge in [0, 0.05) is 5.41 Å². The summed E-state index contributed by atoms with van der Waals surface area (Å²) < 4.78 is 0.633. The van der Waals surface area contributed by atoms with Crippen LogP contribution in [0.25, 0.3) is 0 Å². The summed E-state index contributed by atoms with van der Waals surface area (Å²) in [7, 11) is 0. The van der Waals surface area contributed by atoms with E-state index in [0.717, 1.165) is 5.57 Å². The highest BCUT2D eigenvalue weighted by Gasteiger charge is 2.39. The van der Waals surface area contributed by atoms with Crippen molar-refractivity contribution in [2.24, 2.45) is 5.41 Å². The van der Waals surface area contributed by atoms with Gasteiger partial charge in [-0.2, -0.15) is 0 Å². The molecular formula is C9H7Br5O. The molecule has 0 bridgehead atoms. The molecule has 0 N–H and O–H groups in total. The monoisotopic (exact) mass is 526 g/mol. The van der Waals surface area contributed by atoms with E-state index >= 15 is 0 Å². The average molecular weight is 531 g/mol. The number of carbonyl (C=O) groups excluding carboxylic acids is 1. The number of halogens is 5. The fourth-order valence-electron chi connectivity index (χ4n) is 1.27. The molecule has 0 aliphatic heterocycles. The molecule has 1 rings (SSSR count). The quantitative estimate of drug-likeness (QED) is 0.459. The molecule has 0 heterocycles. The third-order valence-corrected chi connectivity index (χ3v) is 5.77. The maximum absolute atomic E-state index is 11.6. The molecule has 84 valence electrons.